The van der Waals surface area contributed by atoms with Crippen molar-refractivity contribution < 1.29 is 9.53 Å². The van der Waals surface area contributed by atoms with Gasteiger partial charge < -0.3 is 15.4 Å². The topological polar surface area (TPSA) is 68.5 Å². The summed E-state index contributed by atoms with van der Waals surface area (Å²) in [6.45, 7) is 5.35. The molecule has 1 aromatic heterocycles. The van der Waals surface area contributed by atoms with E-state index in [4.69, 9.17) is 10.5 Å². The van der Waals surface area contributed by atoms with Crippen LogP contribution in [0.15, 0.2) is 24.3 Å². The van der Waals surface area contributed by atoms with Crippen LogP contribution in [0.3, 0.4) is 0 Å². The van der Waals surface area contributed by atoms with Crippen LogP contribution in [-0.2, 0) is 0 Å². The van der Waals surface area contributed by atoms with E-state index in [-0.39, 0.29) is 36.8 Å². The van der Waals surface area contributed by atoms with Crippen molar-refractivity contribution in [1.29, 1.82) is 0 Å². The van der Waals surface area contributed by atoms with Crippen LogP contribution in [0.5, 0.6) is 5.75 Å². The fraction of sp³-hybridized carbons (Fsp3) is 0.444. The Morgan fingerprint density at radius 3 is 2.68 bits per heavy atom. The smallest absolute Gasteiger partial charge is 0.254 e. The quantitative estimate of drug-likeness (QED) is 0.880. The number of aromatic nitrogens is 1. The Kier molecular flexibility index (Phi) is 7.47. The summed E-state index contributed by atoms with van der Waals surface area (Å²) in [4.78, 5) is 19.6. The van der Waals surface area contributed by atoms with Gasteiger partial charge in [0.15, 0.2) is 0 Å². The third-order valence-electron chi connectivity index (χ3n) is 4.63. The molecule has 0 spiro atoms. The van der Waals surface area contributed by atoms with Crippen LogP contribution < -0.4 is 10.5 Å². The molecule has 0 saturated carbocycles. The van der Waals surface area contributed by atoms with Gasteiger partial charge in [-0.05, 0) is 57.0 Å². The van der Waals surface area contributed by atoms with Gasteiger partial charge in [-0.3, -0.25) is 9.78 Å². The number of ether oxygens (including phenoxy) is 1. The number of fused-ring (bicyclic) bond motifs is 1. The Balaban J connectivity index is 0.00000156. The molecule has 7 heteroatoms. The van der Waals surface area contributed by atoms with Crippen molar-refractivity contribution >= 4 is 41.6 Å². The maximum atomic E-state index is 13.1. The minimum atomic E-state index is 0. The van der Waals surface area contributed by atoms with Crippen LogP contribution in [0.1, 0.15) is 29.4 Å². The Morgan fingerprint density at radius 1 is 1.36 bits per heavy atom. The molecule has 1 aromatic carbocycles. The number of carbonyl (C=O) groups excluding carboxylic acids is 1. The summed E-state index contributed by atoms with van der Waals surface area (Å²) in [5.41, 5.74) is 8.13. The molecule has 0 aliphatic carbocycles. The van der Waals surface area contributed by atoms with Gasteiger partial charge in [-0.1, -0.05) is 0 Å². The largest absolute Gasteiger partial charge is 0.497 e. The third-order valence-corrected chi connectivity index (χ3v) is 4.63. The summed E-state index contributed by atoms with van der Waals surface area (Å²) >= 11 is 0. The zero-order valence-electron chi connectivity index (χ0n) is 14.7. The highest BCUT2D eigenvalue weighted by atomic mass is 35.5. The van der Waals surface area contributed by atoms with E-state index in [1.165, 1.54) is 0 Å². The van der Waals surface area contributed by atoms with Crippen molar-refractivity contribution in [3.05, 3.63) is 35.5 Å². The summed E-state index contributed by atoms with van der Waals surface area (Å²) < 4.78 is 5.30. The molecule has 2 unspecified atom stereocenters. The lowest BCUT2D eigenvalue weighted by atomic mass is 10.1. The average Bonchev–Trinajstić information content (AvgIpc) is 2.94. The molecule has 1 fully saturated rings. The van der Waals surface area contributed by atoms with E-state index < -0.39 is 0 Å². The maximum Gasteiger partial charge on any atom is 0.254 e. The molecule has 2 heterocycles. The van der Waals surface area contributed by atoms with Crippen LogP contribution in [-0.4, -0.2) is 42.0 Å². The number of hydrogen-bond acceptors (Lipinski definition) is 4. The SMILES string of the molecule is COc1ccc2nc(C)cc(C(=O)N3CC(CN)CC3C)c2c1.Cl.Cl. The standard InChI is InChI=1S/C18H23N3O2.2ClH/c1-11-6-16(15-8-14(23-3)4-5-17(15)20-11)18(22)21-10-13(9-19)7-12(21)2;;/h4-6,8,12-13H,7,9-10,19H2,1-3H3;2*1H. The molecule has 3 rings (SSSR count). The average molecular weight is 386 g/mol. The first kappa shape index (κ1) is 21.5. The second kappa shape index (κ2) is 8.70. The number of aryl methyl sites for hydroxylation is 1. The van der Waals surface area contributed by atoms with Crippen LogP contribution in [0.4, 0.5) is 0 Å². The van der Waals surface area contributed by atoms with E-state index in [0.717, 1.165) is 35.3 Å². The fourth-order valence-corrected chi connectivity index (χ4v) is 3.39. The first-order chi connectivity index (χ1) is 11.0. The van der Waals surface area contributed by atoms with Crippen LogP contribution in [0.25, 0.3) is 10.9 Å². The molecular weight excluding hydrogens is 361 g/mol. The van der Waals surface area contributed by atoms with Crippen molar-refractivity contribution in [2.45, 2.75) is 26.3 Å². The second-order valence-corrected chi connectivity index (χ2v) is 6.34. The van der Waals surface area contributed by atoms with E-state index in [1.807, 2.05) is 36.1 Å². The lowest BCUT2D eigenvalue weighted by Gasteiger charge is -2.22. The highest BCUT2D eigenvalue weighted by molar-refractivity contribution is 6.06. The summed E-state index contributed by atoms with van der Waals surface area (Å²) in [5, 5.41) is 0.836. The Bertz CT molecular complexity index is 754. The lowest BCUT2D eigenvalue weighted by molar-refractivity contribution is 0.0745. The second-order valence-electron chi connectivity index (χ2n) is 6.34. The summed E-state index contributed by atoms with van der Waals surface area (Å²) in [7, 11) is 1.62. The highest BCUT2D eigenvalue weighted by Crippen LogP contribution is 2.28. The van der Waals surface area contributed by atoms with Gasteiger partial charge in [0.2, 0.25) is 0 Å². The van der Waals surface area contributed by atoms with E-state index in [1.54, 1.807) is 7.11 Å². The molecule has 25 heavy (non-hydrogen) atoms. The Morgan fingerprint density at radius 2 is 2.08 bits per heavy atom. The molecule has 1 amide bonds. The molecule has 2 aromatic rings. The van der Waals surface area contributed by atoms with Gasteiger partial charge in [-0.15, -0.1) is 24.8 Å². The van der Waals surface area contributed by atoms with Crippen LogP contribution in [0, 0.1) is 12.8 Å². The summed E-state index contributed by atoms with van der Waals surface area (Å²) in [5.74, 6) is 1.17. The molecule has 138 valence electrons. The summed E-state index contributed by atoms with van der Waals surface area (Å²) in [6.07, 6.45) is 0.966. The molecule has 1 aliphatic rings. The number of halogens is 2. The number of likely N-dealkylation sites (tertiary alicyclic amines) is 1. The Hall–Kier alpha value is -1.56. The van der Waals surface area contributed by atoms with Gasteiger partial charge in [-0.25, -0.2) is 0 Å². The molecule has 0 radical (unpaired) electrons. The number of pyridine rings is 1. The highest BCUT2D eigenvalue weighted by Gasteiger charge is 2.32. The van der Waals surface area contributed by atoms with Crippen molar-refractivity contribution in [2.24, 2.45) is 11.7 Å². The zero-order chi connectivity index (χ0) is 16.6. The van der Waals surface area contributed by atoms with Crippen LogP contribution in [0.2, 0.25) is 0 Å². The minimum absolute atomic E-state index is 0. The normalized spacial score (nSPS) is 19.3. The van der Waals surface area contributed by atoms with Gasteiger partial charge in [0.05, 0.1) is 18.2 Å². The monoisotopic (exact) mass is 385 g/mol. The van der Waals surface area contributed by atoms with Crippen molar-refractivity contribution in [3.8, 4) is 5.75 Å². The molecule has 2 N–H and O–H groups in total. The van der Waals surface area contributed by atoms with E-state index in [2.05, 4.69) is 11.9 Å². The number of nitrogens with zero attached hydrogens (tertiary/aromatic N) is 2. The fourth-order valence-electron chi connectivity index (χ4n) is 3.39. The van der Waals surface area contributed by atoms with Gasteiger partial charge in [0.25, 0.3) is 5.91 Å². The zero-order valence-corrected chi connectivity index (χ0v) is 16.3. The molecule has 1 saturated heterocycles. The first-order valence-electron chi connectivity index (χ1n) is 8.00. The van der Waals surface area contributed by atoms with Gasteiger partial charge in [0.1, 0.15) is 5.75 Å². The third kappa shape index (κ3) is 4.17. The number of carbonyl (C=O) groups is 1. The molecule has 5 nitrogen and oxygen atoms in total. The number of amides is 1. The number of hydrogen-bond donors (Lipinski definition) is 1. The van der Waals surface area contributed by atoms with E-state index >= 15 is 0 Å². The van der Waals surface area contributed by atoms with Gasteiger partial charge in [0, 0.05) is 23.7 Å². The molecule has 1 aliphatic heterocycles. The summed E-state index contributed by atoms with van der Waals surface area (Å²) in [6, 6.07) is 7.73. The van der Waals surface area contributed by atoms with Crippen LogP contribution >= 0.6 is 24.8 Å². The molecule has 2 atom stereocenters. The maximum absolute atomic E-state index is 13.1. The molecule has 0 bridgehead atoms. The minimum Gasteiger partial charge on any atom is -0.497 e. The predicted molar refractivity (Wildman–Crippen MR) is 105 cm³/mol. The Labute approximate surface area is 160 Å². The number of rotatable bonds is 3. The van der Waals surface area contributed by atoms with Crippen molar-refractivity contribution in [2.75, 3.05) is 20.2 Å². The van der Waals surface area contributed by atoms with Crippen molar-refractivity contribution in [1.82, 2.24) is 9.88 Å². The number of benzene rings is 1. The predicted octanol–water partition coefficient (Wildman–Crippen LogP) is 3.20. The lowest BCUT2D eigenvalue weighted by Crippen LogP contribution is -2.34. The van der Waals surface area contributed by atoms with E-state index in [0.29, 0.717) is 18.0 Å². The van der Waals surface area contributed by atoms with Crippen molar-refractivity contribution in [3.63, 3.8) is 0 Å². The molecular formula is C18H25Cl2N3O2. The van der Waals surface area contributed by atoms with E-state index in [9.17, 15) is 4.79 Å². The first-order valence-corrected chi connectivity index (χ1v) is 8.00. The van der Waals surface area contributed by atoms with Gasteiger partial charge >= 0.3 is 0 Å². The number of nitrogens with two attached hydrogens (primary N) is 1. The van der Waals surface area contributed by atoms with Gasteiger partial charge in [-0.2, -0.15) is 0 Å². The number of methoxy groups -OCH3 is 1.